The molecule has 4 heterocycles. The summed E-state index contributed by atoms with van der Waals surface area (Å²) in [5.41, 5.74) is 0.937. The summed E-state index contributed by atoms with van der Waals surface area (Å²) in [4.78, 5) is 19.5. The van der Waals surface area contributed by atoms with E-state index in [2.05, 4.69) is 15.1 Å². The van der Waals surface area contributed by atoms with Crippen LogP contribution in [0.15, 0.2) is 12.1 Å². The van der Waals surface area contributed by atoms with E-state index in [0.29, 0.717) is 30.4 Å². The van der Waals surface area contributed by atoms with Crippen LogP contribution < -0.4 is 5.32 Å². The van der Waals surface area contributed by atoms with Crippen LogP contribution in [0, 0.1) is 18.7 Å². The molecule has 0 aliphatic carbocycles. The van der Waals surface area contributed by atoms with Crippen LogP contribution >= 0.6 is 11.6 Å². The van der Waals surface area contributed by atoms with Crippen molar-refractivity contribution >= 4 is 23.3 Å². The lowest BCUT2D eigenvalue weighted by Gasteiger charge is -2.50. The van der Waals surface area contributed by atoms with Gasteiger partial charge in [0.15, 0.2) is 0 Å². The van der Waals surface area contributed by atoms with Gasteiger partial charge < -0.3 is 15.1 Å². The third-order valence-corrected chi connectivity index (χ3v) is 6.49. The number of piperazine rings is 1. The van der Waals surface area contributed by atoms with Gasteiger partial charge in [-0.1, -0.05) is 11.6 Å². The first-order valence-corrected chi connectivity index (χ1v) is 9.87. The van der Waals surface area contributed by atoms with Crippen LogP contribution in [0.2, 0.25) is 5.02 Å². The summed E-state index contributed by atoms with van der Waals surface area (Å²) in [5.74, 6) is 0.459. The average Bonchev–Trinajstić information content (AvgIpc) is 2.67. The van der Waals surface area contributed by atoms with Gasteiger partial charge in [0.05, 0.1) is 10.7 Å². The predicted octanol–water partition coefficient (Wildman–Crippen LogP) is 3.03. The molecule has 4 aliphatic rings. The minimum atomic E-state index is -0.362. The van der Waals surface area contributed by atoms with Crippen molar-refractivity contribution in [3.63, 3.8) is 0 Å². The number of aryl methyl sites for hydroxylation is 1. The molecule has 1 N–H and O–H groups in total. The molecule has 2 amide bonds. The normalized spacial score (nSPS) is 29.0. The highest BCUT2D eigenvalue weighted by molar-refractivity contribution is 6.33. The van der Waals surface area contributed by atoms with Crippen molar-refractivity contribution in [1.29, 1.82) is 0 Å². The summed E-state index contributed by atoms with van der Waals surface area (Å²) >= 11 is 6.06. The van der Waals surface area contributed by atoms with E-state index in [1.54, 1.807) is 13.0 Å². The number of rotatable bonds is 2. The molecule has 0 saturated carbocycles. The molecule has 1 aromatic carbocycles. The van der Waals surface area contributed by atoms with E-state index >= 15 is 0 Å². The molecule has 26 heavy (non-hydrogen) atoms. The number of amides is 2. The summed E-state index contributed by atoms with van der Waals surface area (Å²) < 4.78 is 13.5. The van der Waals surface area contributed by atoms with Gasteiger partial charge in [-0.3, -0.25) is 4.90 Å². The Morgan fingerprint density at radius 3 is 2.46 bits per heavy atom. The number of nitrogens with one attached hydrogen (secondary N) is 1. The quantitative estimate of drug-likeness (QED) is 0.857. The number of carbonyl (C=O) groups excluding carboxylic acids is 1. The molecule has 7 heteroatoms. The Morgan fingerprint density at radius 2 is 1.85 bits per heavy atom. The van der Waals surface area contributed by atoms with E-state index in [0.717, 1.165) is 19.0 Å². The van der Waals surface area contributed by atoms with Gasteiger partial charge in [0.1, 0.15) is 5.82 Å². The van der Waals surface area contributed by atoms with Crippen molar-refractivity contribution in [2.45, 2.75) is 25.8 Å². The molecule has 0 radical (unpaired) electrons. The Labute approximate surface area is 159 Å². The van der Waals surface area contributed by atoms with Gasteiger partial charge in [-0.05, 0) is 56.5 Å². The number of nitrogens with zero attached hydrogens (tertiary/aromatic N) is 3. The largest absolute Gasteiger partial charge is 0.322 e. The molecule has 142 valence electrons. The zero-order chi connectivity index (χ0) is 18.3. The molecule has 0 spiro atoms. The monoisotopic (exact) mass is 380 g/mol. The SMILES string of the molecule is Cc1cc(NC(=O)N2CCN([C@@H]3CN4CCC3CC4)CC2)c(Cl)cc1F. The number of benzene rings is 1. The molecule has 4 fully saturated rings. The first-order chi connectivity index (χ1) is 12.5. The second-order valence-corrected chi connectivity index (χ2v) is 8.15. The number of fused-ring (bicyclic) bond motifs is 3. The van der Waals surface area contributed by atoms with Gasteiger partial charge in [0.2, 0.25) is 0 Å². The summed E-state index contributed by atoms with van der Waals surface area (Å²) in [7, 11) is 0. The summed E-state index contributed by atoms with van der Waals surface area (Å²) in [6, 6.07) is 3.32. The number of piperidine rings is 3. The molecule has 1 atom stereocenters. The average molecular weight is 381 g/mol. The third-order valence-electron chi connectivity index (χ3n) is 6.18. The smallest absolute Gasteiger partial charge is 0.321 e. The standard InChI is InChI=1S/C19H26ClFN4O/c1-13-10-17(15(20)11-16(13)21)22-19(26)25-8-6-24(7-9-25)18-12-23-4-2-14(18)3-5-23/h10-11,14,18H,2-9,12H2,1H3,(H,22,26)/t18-/m1/s1. The van der Waals surface area contributed by atoms with Gasteiger partial charge in [0, 0.05) is 38.8 Å². The first kappa shape index (κ1) is 18.0. The molecular weight excluding hydrogens is 355 g/mol. The number of hydrogen-bond donors (Lipinski definition) is 1. The fraction of sp³-hybridized carbons (Fsp3) is 0.632. The van der Waals surface area contributed by atoms with Gasteiger partial charge in [-0.2, -0.15) is 0 Å². The van der Waals surface area contributed by atoms with Crippen LogP contribution in [0.3, 0.4) is 0 Å². The van der Waals surface area contributed by atoms with E-state index < -0.39 is 0 Å². The lowest BCUT2D eigenvalue weighted by atomic mass is 9.83. The third kappa shape index (κ3) is 3.55. The fourth-order valence-electron chi connectivity index (χ4n) is 4.55. The van der Waals surface area contributed by atoms with Gasteiger partial charge in [-0.15, -0.1) is 0 Å². The molecule has 0 unspecified atom stereocenters. The maximum atomic E-state index is 13.5. The van der Waals surface area contributed by atoms with Gasteiger partial charge in [0.25, 0.3) is 0 Å². The van der Waals surface area contributed by atoms with Crippen LogP contribution in [-0.2, 0) is 0 Å². The Bertz CT molecular complexity index is 684. The van der Waals surface area contributed by atoms with Gasteiger partial charge in [-0.25, -0.2) is 9.18 Å². The van der Waals surface area contributed by atoms with Crippen LogP contribution in [0.4, 0.5) is 14.9 Å². The zero-order valence-electron chi connectivity index (χ0n) is 15.2. The van der Waals surface area contributed by atoms with E-state index in [9.17, 15) is 9.18 Å². The van der Waals surface area contributed by atoms with E-state index in [4.69, 9.17) is 11.6 Å². The van der Waals surface area contributed by atoms with E-state index in [1.807, 2.05) is 4.90 Å². The van der Waals surface area contributed by atoms with E-state index in [-0.39, 0.29) is 16.9 Å². The number of carbonyl (C=O) groups is 1. The van der Waals surface area contributed by atoms with Crippen molar-refractivity contribution in [2.75, 3.05) is 51.1 Å². The molecule has 5 nitrogen and oxygen atoms in total. The highest BCUT2D eigenvalue weighted by Gasteiger charge is 2.38. The lowest BCUT2D eigenvalue weighted by molar-refractivity contribution is -0.00971. The number of halogens is 2. The number of urea groups is 1. The summed E-state index contributed by atoms with van der Waals surface area (Å²) in [6.45, 7) is 8.61. The van der Waals surface area contributed by atoms with Crippen molar-refractivity contribution in [3.8, 4) is 0 Å². The van der Waals surface area contributed by atoms with Crippen molar-refractivity contribution in [1.82, 2.24) is 14.7 Å². The maximum Gasteiger partial charge on any atom is 0.321 e. The van der Waals surface area contributed by atoms with Gasteiger partial charge >= 0.3 is 6.03 Å². The number of hydrogen-bond acceptors (Lipinski definition) is 3. The second-order valence-electron chi connectivity index (χ2n) is 7.74. The minimum Gasteiger partial charge on any atom is -0.322 e. The Hall–Kier alpha value is -1.37. The lowest BCUT2D eigenvalue weighted by Crippen LogP contribution is -2.61. The Morgan fingerprint density at radius 1 is 1.15 bits per heavy atom. The maximum absolute atomic E-state index is 13.5. The molecular formula is C19H26ClFN4O. The molecule has 4 aliphatic heterocycles. The fourth-order valence-corrected chi connectivity index (χ4v) is 4.75. The predicted molar refractivity (Wildman–Crippen MR) is 101 cm³/mol. The number of anilines is 1. The van der Waals surface area contributed by atoms with Crippen molar-refractivity contribution < 1.29 is 9.18 Å². The second kappa shape index (κ2) is 7.33. The first-order valence-electron chi connectivity index (χ1n) is 9.49. The molecule has 5 rings (SSSR count). The van der Waals surface area contributed by atoms with Crippen LogP contribution in [-0.4, -0.2) is 72.6 Å². The minimum absolute atomic E-state index is 0.161. The summed E-state index contributed by atoms with van der Waals surface area (Å²) in [6.07, 6.45) is 2.63. The van der Waals surface area contributed by atoms with Crippen LogP contribution in [0.1, 0.15) is 18.4 Å². The molecule has 2 bridgehead atoms. The Kier molecular flexibility index (Phi) is 5.08. The Balaban J connectivity index is 1.33. The molecule has 4 saturated heterocycles. The van der Waals surface area contributed by atoms with Crippen LogP contribution in [0.25, 0.3) is 0 Å². The molecule has 1 aromatic rings. The highest BCUT2D eigenvalue weighted by atomic mass is 35.5. The molecule has 0 aromatic heterocycles. The highest BCUT2D eigenvalue weighted by Crippen LogP contribution is 2.31. The van der Waals surface area contributed by atoms with Crippen molar-refractivity contribution in [2.24, 2.45) is 5.92 Å². The zero-order valence-corrected chi connectivity index (χ0v) is 15.9. The van der Waals surface area contributed by atoms with E-state index in [1.165, 1.54) is 38.5 Å². The van der Waals surface area contributed by atoms with Crippen molar-refractivity contribution in [3.05, 3.63) is 28.5 Å². The summed E-state index contributed by atoms with van der Waals surface area (Å²) in [5, 5.41) is 3.06. The topological polar surface area (TPSA) is 38.8 Å². The van der Waals surface area contributed by atoms with Crippen LogP contribution in [0.5, 0.6) is 0 Å².